The van der Waals surface area contributed by atoms with Gasteiger partial charge in [0.15, 0.2) is 6.61 Å². The minimum Gasteiger partial charge on any atom is -0.493 e. The highest BCUT2D eigenvalue weighted by Gasteiger charge is 2.06. The number of nitrogens with zero attached hydrogens (tertiary/aromatic N) is 1. The molecule has 0 bridgehead atoms. The van der Waals surface area contributed by atoms with Gasteiger partial charge in [0.05, 0.1) is 12.8 Å². The van der Waals surface area contributed by atoms with Crippen LogP contribution in [0.4, 0.5) is 0 Å². The van der Waals surface area contributed by atoms with E-state index < -0.39 is 0 Å². The zero-order chi connectivity index (χ0) is 19.5. The molecule has 142 valence electrons. The summed E-state index contributed by atoms with van der Waals surface area (Å²) in [6.07, 6.45) is 4.94. The molecule has 0 unspecified atom stereocenters. The number of hydrazone groups is 1. The maximum absolute atomic E-state index is 12.0. The minimum atomic E-state index is -0.342. The summed E-state index contributed by atoms with van der Waals surface area (Å²) >= 11 is 3.42. The van der Waals surface area contributed by atoms with Gasteiger partial charge in [-0.15, -0.1) is 6.58 Å². The van der Waals surface area contributed by atoms with E-state index in [0.717, 1.165) is 22.0 Å². The van der Waals surface area contributed by atoms with Gasteiger partial charge in [-0.2, -0.15) is 5.10 Å². The van der Waals surface area contributed by atoms with Gasteiger partial charge in [-0.1, -0.05) is 47.1 Å². The second kappa shape index (κ2) is 11.2. The molecule has 0 aromatic heterocycles. The number of ether oxygens (including phenoxy) is 2. The van der Waals surface area contributed by atoms with Crippen LogP contribution < -0.4 is 14.9 Å². The van der Waals surface area contributed by atoms with Crippen LogP contribution in [0.2, 0.25) is 0 Å². The first-order valence-corrected chi connectivity index (χ1v) is 9.49. The zero-order valence-corrected chi connectivity index (χ0v) is 16.9. The molecule has 6 heteroatoms. The smallest absolute Gasteiger partial charge is 0.277 e. The number of benzene rings is 2. The molecule has 0 fully saturated rings. The van der Waals surface area contributed by atoms with Crippen molar-refractivity contribution in [3.05, 3.63) is 70.7 Å². The molecule has 2 aromatic carbocycles. The first-order chi connectivity index (χ1) is 13.1. The van der Waals surface area contributed by atoms with Crippen molar-refractivity contribution in [2.45, 2.75) is 19.8 Å². The van der Waals surface area contributed by atoms with Crippen LogP contribution in [0.25, 0.3) is 0 Å². The fourth-order valence-electron chi connectivity index (χ4n) is 2.28. The lowest BCUT2D eigenvalue weighted by atomic mass is 10.1. The largest absolute Gasteiger partial charge is 0.493 e. The highest BCUT2D eigenvalue weighted by molar-refractivity contribution is 9.10. The van der Waals surface area contributed by atoms with Crippen molar-refractivity contribution in [2.24, 2.45) is 5.10 Å². The third-order valence-electron chi connectivity index (χ3n) is 3.52. The van der Waals surface area contributed by atoms with E-state index in [-0.39, 0.29) is 12.5 Å². The summed E-state index contributed by atoms with van der Waals surface area (Å²) in [6.45, 7) is 6.26. The molecule has 0 aliphatic rings. The zero-order valence-electron chi connectivity index (χ0n) is 15.3. The molecule has 0 spiro atoms. The Bertz CT molecular complexity index is 806. The van der Waals surface area contributed by atoms with E-state index in [0.29, 0.717) is 24.5 Å². The summed E-state index contributed by atoms with van der Waals surface area (Å²) in [5.74, 6) is 1.04. The second-order valence-electron chi connectivity index (χ2n) is 5.71. The van der Waals surface area contributed by atoms with Crippen molar-refractivity contribution in [3.63, 3.8) is 0 Å². The Hall–Kier alpha value is -2.60. The Balaban J connectivity index is 1.92. The van der Waals surface area contributed by atoms with Gasteiger partial charge in [-0.25, -0.2) is 5.43 Å². The number of amides is 1. The van der Waals surface area contributed by atoms with Gasteiger partial charge in [0, 0.05) is 10.0 Å². The Labute approximate surface area is 168 Å². The minimum absolute atomic E-state index is 0.122. The Morgan fingerprint density at radius 2 is 2.04 bits per heavy atom. The molecule has 1 N–H and O–H groups in total. The van der Waals surface area contributed by atoms with E-state index in [1.165, 1.54) is 0 Å². The van der Waals surface area contributed by atoms with Crippen molar-refractivity contribution in [2.75, 3.05) is 13.2 Å². The van der Waals surface area contributed by atoms with Gasteiger partial charge in [0.25, 0.3) is 5.91 Å². The Kier molecular flexibility index (Phi) is 8.58. The summed E-state index contributed by atoms with van der Waals surface area (Å²) in [4.78, 5) is 12.0. The summed E-state index contributed by atoms with van der Waals surface area (Å²) in [5, 5.41) is 4.00. The fourth-order valence-corrected chi connectivity index (χ4v) is 2.66. The lowest BCUT2D eigenvalue weighted by Crippen LogP contribution is -2.24. The van der Waals surface area contributed by atoms with Gasteiger partial charge >= 0.3 is 0 Å². The van der Waals surface area contributed by atoms with Gasteiger partial charge in [0.1, 0.15) is 11.5 Å². The molecule has 0 atom stereocenters. The number of carbonyl (C=O) groups is 1. The molecular weight excluding hydrogens is 408 g/mol. The molecule has 0 saturated carbocycles. The van der Waals surface area contributed by atoms with Crippen molar-refractivity contribution in [1.29, 1.82) is 0 Å². The topological polar surface area (TPSA) is 59.9 Å². The van der Waals surface area contributed by atoms with Crippen LogP contribution >= 0.6 is 15.9 Å². The van der Waals surface area contributed by atoms with Crippen LogP contribution in [0, 0.1) is 0 Å². The van der Waals surface area contributed by atoms with E-state index >= 15 is 0 Å². The van der Waals surface area contributed by atoms with Gasteiger partial charge in [-0.3, -0.25) is 4.79 Å². The third-order valence-corrected chi connectivity index (χ3v) is 4.02. The molecule has 27 heavy (non-hydrogen) atoms. The van der Waals surface area contributed by atoms with Crippen LogP contribution in [-0.4, -0.2) is 25.3 Å². The lowest BCUT2D eigenvalue weighted by Gasteiger charge is -2.10. The number of para-hydroxylation sites is 1. The van der Waals surface area contributed by atoms with Crippen molar-refractivity contribution in [3.8, 4) is 11.5 Å². The van der Waals surface area contributed by atoms with Crippen LogP contribution in [0.1, 0.15) is 24.5 Å². The summed E-state index contributed by atoms with van der Waals surface area (Å²) < 4.78 is 12.2. The predicted molar refractivity (Wildman–Crippen MR) is 112 cm³/mol. The Morgan fingerprint density at radius 3 is 2.81 bits per heavy atom. The second-order valence-corrected chi connectivity index (χ2v) is 6.63. The molecule has 2 rings (SSSR count). The van der Waals surface area contributed by atoms with E-state index in [9.17, 15) is 4.79 Å². The average molecular weight is 431 g/mol. The van der Waals surface area contributed by atoms with Gasteiger partial charge < -0.3 is 9.47 Å². The predicted octanol–water partition coefficient (Wildman–Crippen LogP) is 4.50. The summed E-state index contributed by atoms with van der Waals surface area (Å²) in [6, 6.07) is 13.2. The monoisotopic (exact) mass is 430 g/mol. The lowest BCUT2D eigenvalue weighted by molar-refractivity contribution is -0.123. The van der Waals surface area contributed by atoms with Crippen LogP contribution in [0.3, 0.4) is 0 Å². The molecule has 1 amide bonds. The molecule has 2 aromatic rings. The Morgan fingerprint density at radius 1 is 1.22 bits per heavy atom. The van der Waals surface area contributed by atoms with E-state index in [1.807, 2.05) is 49.4 Å². The summed E-state index contributed by atoms with van der Waals surface area (Å²) in [7, 11) is 0. The third kappa shape index (κ3) is 6.90. The van der Waals surface area contributed by atoms with Crippen LogP contribution in [0.5, 0.6) is 11.5 Å². The van der Waals surface area contributed by atoms with Crippen LogP contribution in [-0.2, 0) is 11.2 Å². The molecule has 0 heterocycles. The van der Waals surface area contributed by atoms with Gasteiger partial charge in [0.2, 0.25) is 0 Å². The average Bonchev–Trinajstić information content (AvgIpc) is 2.67. The normalized spacial score (nSPS) is 10.6. The maximum atomic E-state index is 12.0. The molecule has 0 radical (unpaired) electrons. The molecule has 5 nitrogen and oxygen atoms in total. The van der Waals surface area contributed by atoms with Crippen molar-refractivity contribution >= 4 is 28.1 Å². The number of hydrogen-bond donors (Lipinski definition) is 1. The molecule has 0 saturated heterocycles. The molecule has 0 aliphatic carbocycles. The number of halogens is 1. The number of hydrogen-bond acceptors (Lipinski definition) is 4. The number of rotatable bonds is 10. The van der Waals surface area contributed by atoms with Crippen molar-refractivity contribution in [1.82, 2.24) is 5.43 Å². The van der Waals surface area contributed by atoms with Crippen molar-refractivity contribution < 1.29 is 14.3 Å². The number of nitrogens with one attached hydrogen (secondary N) is 1. The highest BCUT2D eigenvalue weighted by atomic mass is 79.9. The van der Waals surface area contributed by atoms with E-state index in [2.05, 4.69) is 33.0 Å². The standard InChI is InChI=1S/C21H23BrN2O3/c1-3-7-16-8-5-6-9-19(16)27-15-21(25)24-23-14-17-13-18(22)10-11-20(17)26-12-4-2/h3,5-6,8-11,13-14H,1,4,7,12,15H2,2H3,(H,24,25)/b23-14-. The SMILES string of the molecule is C=CCc1ccccc1OCC(=O)N/N=C\c1cc(Br)ccc1OCCC. The van der Waals surface area contributed by atoms with Gasteiger partial charge in [-0.05, 0) is 42.7 Å². The number of allylic oxidation sites excluding steroid dienone is 1. The molecule has 0 aliphatic heterocycles. The number of carbonyl (C=O) groups excluding carboxylic acids is 1. The van der Waals surface area contributed by atoms with E-state index in [1.54, 1.807) is 12.3 Å². The van der Waals surface area contributed by atoms with Crippen LogP contribution in [0.15, 0.2) is 64.7 Å². The fraction of sp³-hybridized carbons (Fsp3) is 0.238. The first kappa shape index (κ1) is 20.7. The molecular formula is C21H23BrN2O3. The quantitative estimate of drug-likeness (QED) is 0.343. The first-order valence-electron chi connectivity index (χ1n) is 8.70. The van der Waals surface area contributed by atoms with E-state index in [4.69, 9.17) is 9.47 Å². The maximum Gasteiger partial charge on any atom is 0.277 e. The summed E-state index contributed by atoms with van der Waals surface area (Å²) in [5.41, 5.74) is 4.23. The highest BCUT2D eigenvalue weighted by Crippen LogP contribution is 2.22.